The monoisotopic (exact) mass is 306 g/mol. The Kier molecular flexibility index (Phi) is 4.49. The van der Waals surface area contributed by atoms with E-state index in [1.54, 1.807) is 11.3 Å². The van der Waals surface area contributed by atoms with Crippen LogP contribution in [0.25, 0.3) is 0 Å². The summed E-state index contributed by atoms with van der Waals surface area (Å²) in [6, 6.07) is 1.92. The summed E-state index contributed by atoms with van der Waals surface area (Å²) in [6.45, 7) is 8.39. The Morgan fingerprint density at radius 2 is 2.10 bits per heavy atom. The molecular formula is C15H22N4OS. The van der Waals surface area contributed by atoms with Crippen molar-refractivity contribution in [3.05, 3.63) is 33.8 Å². The Labute approximate surface area is 129 Å². The van der Waals surface area contributed by atoms with Gasteiger partial charge >= 0.3 is 0 Å². The molecule has 21 heavy (non-hydrogen) atoms. The number of anilines is 2. The first-order valence-electron chi connectivity index (χ1n) is 6.87. The predicted molar refractivity (Wildman–Crippen MR) is 87.6 cm³/mol. The van der Waals surface area contributed by atoms with E-state index in [4.69, 9.17) is 5.73 Å². The summed E-state index contributed by atoms with van der Waals surface area (Å²) >= 11 is 1.57. The van der Waals surface area contributed by atoms with E-state index in [0.717, 1.165) is 11.1 Å². The van der Waals surface area contributed by atoms with Crippen molar-refractivity contribution in [3.8, 4) is 0 Å². The van der Waals surface area contributed by atoms with E-state index in [-0.39, 0.29) is 5.41 Å². The molecule has 1 unspecified atom stereocenters. The third-order valence-corrected chi connectivity index (χ3v) is 3.95. The molecule has 0 aromatic carbocycles. The van der Waals surface area contributed by atoms with Crippen LogP contribution in [0.4, 0.5) is 11.6 Å². The van der Waals surface area contributed by atoms with Crippen LogP contribution in [0.3, 0.4) is 0 Å². The second kappa shape index (κ2) is 5.99. The molecule has 0 aliphatic heterocycles. The molecule has 0 aliphatic rings. The normalized spacial score (nSPS) is 13.2. The van der Waals surface area contributed by atoms with Gasteiger partial charge in [-0.1, -0.05) is 20.8 Å². The summed E-state index contributed by atoms with van der Waals surface area (Å²) in [4.78, 5) is 8.89. The maximum absolute atomic E-state index is 10.1. The number of rotatable bonds is 4. The molecule has 0 aliphatic carbocycles. The zero-order valence-electron chi connectivity index (χ0n) is 12.8. The molecule has 1 atom stereocenters. The van der Waals surface area contributed by atoms with Gasteiger partial charge < -0.3 is 16.2 Å². The van der Waals surface area contributed by atoms with E-state index in [2.05, 4.69) is 15.3 Å². The molecule has 114 valence electrons. The molecule has 2 heterocycles. The van der Waals surface area contributed by atoms with Gasteiger partial charge in [-0.25, -0.2) is 9.97 Å². The van der Waals surface area contributed by atoms with Gasteiger partial charge in [-0.05, 0) is 29.3 Å². The van der Waals surface area contributed by atoms with E-state index in [1.165, 1.54) is 0 Å². The van der Waals surface area contributed by atoms with Crippen molar-refractivity contribution in [3.63, 3.8) is 0 Å². The quantitative estimate of drug-likeness (QED) is 0.809. The molecule has 0 spiro atoms. The van der Waals surface area contributed by atoms with E-state index in [9.17, 15) is 5.11 Å². The number of hydrogen-bond acceptors (Lipinski definition) is 6. The summed E-state index contributed by atoms with van der Waals surface area (Å²) in [7, 11) is 0. The molecule has 0 saturated heterocycles. The van der Waals surface area contributed by atoms with E-state index >= 15 is 0 Å². The summed E-state index contributed by atoms with van der Waals surface area (Å²) in [5, 5.41) is 17.2. The molecule has 4 N–H and O–H groups in total. The summed E-state index contributed by atoms with van der Waals surface area (Å²) < 4.78 is 0. The van der Waals surface area contributed by atoms with Gasteiger partial charge in [0, 0.05) is 17.5 Å². The van der Waals surface area contributed by atoms with Crippen LogP contribution in [0.5, 0.6) is 0 Å². The average Bonchev–Trinajstić information content (AvgIpc) is 2.92. The van der Waals surface area contributed by atoms with E-state index < -0.39 is 6.10 Å². The molecule has 2 rings (SSSR count). The number of nitrogens with one attached hydrogen (secondary N) is 1. The van der Waals surface area contributed by atoms with Gasteiger partial charge in [-0.3, -0.25) is 0 Å². The SMILES string of the molecule is Cc1c(N)nc(C(C)(C)C)nc1NCC(O)c1ccsc1. The van der Waals surface area contributed by atoms with Crippen LogP contribution in [0, 0.1) is 6.92 Å². The van der Waals surface area contributed by atoms with Crippen molar-refractivity contribution in [2.75, 3.05) is 17.6 Å². The minimum Gasteiger partial charge on any atom is -0.387 e. The van der Waals surface area contributed by atoms with Crippen molar-refractivity contribution in [1.29, 1.82) is 0 Å². The number of aliphatic hydroxyl groups excluding tert-OH is 1. The first-order valence-corrected chi connectivity index (χ1v) is 7.82. The lowest BCUT2D eigenvalue weighted by atomic mass is 9.95. The molecule has 2 aromatic rings. The van der Waals surface area contributed by atoms with Gasteiger partial charge in [-0.15, -0.1) is 0 Å². The number of nitrogens with zero attached hydrogens (tertiary/aromatic N) is 2. The Morgan fingerprint density at radius 1 is 1.38 bits per heavy atom. The van der Waals surface area contributed by atoms with E-state index in [1.807, 2.05) is 44.5 Å². The standard InChI is InChI=1S/C15H22N4OS/c1-9-12(16)18-14(15(2,3)4)19-13(9)17-7-11(20)10-5-6-21-8-10/h5-6,8,11,20H,7H2,1-4H3,(H3,16,17,18,19). The third kappa shape index (κ3) is 3.71. The van der Waals surface area contributed by atoms with Crippen LogP contribution in [0.2, 0.25) is 0 Å². The van der Waals surface area contributed by atoms with Crippen molar-refractivity contribution < 1.29 is 5.11 Å². The molecule has 6 heteroatoms. The fraction of sp³-hybridized carbons (Fsp3) is 0.467. The molecule has 0 saturated carbocycles. The fourth-order valence-corrected chi connectivity index (χ4v) is 2.52. The Morgan fingerprint density at radius 3 is 2.67 bits per heavy atom. The van der Waals surface area contributed by atoms with Gasteiger partial charge in [0.15, 0.2) is 0 Å². The average molecular weight is 306 g/mol. The Bertz CT molecular complexity index is 605. The smallest absolute Gasteiger partial charge is 0.138 e. The van der Waals surface area contributed by atoms with Crippen molar-refractivity contribution in [1.82, 2.24) is 9.97 Å². The van der Waals surface area contributed by atoms with Crippen LogP contribution in [0.1, 0.15) is 43.8 Å². The molecular weight excluding hydrogens is 284 g/mol. The van der Waals surface area contributed by atoms with Crippen LogP contribution < -0.4 is 11.1 Å². The van der Waals surface area contributed by atoms with Crippen LogP contribution >= 0.6 is 11.3 Å². The topological polar surface area (TPSA) is 84.1 Å². The summed E-state index contributed by atoms with van der Waals surface area (Å²) in [6.07, 6.45) is -0.565. The zero-order valence-corrected chi connectivity index (χ0v) is 13.7. The number of aliphatic hydroxyl groups is 1. The molecule has 0 radical (unpaired) electrons. The van der Waals surface area contributed by atoms with E-state index in [0.29, 0.717) is 24.0 Å². The highest BCUT2D eigenvalue weighted by molar-refractivity contribution is 7.07. The maximum atomic E-state index is 10.1. The summed E-state index contributed by atoms with van der Waals surface area (Å²) in [5.74, 6) is 1.85. The number of thiophene rings is 1. The Hall–Kier alpha value is -1.66. The van der Waals surface area contributed by atoms with Crippen molar-refractivity contribution in [2.45, 2.75) is 39.2 Å². The number of aromatic nitrogens is 2. The largest absolute Gasteiger partial charge is 0.387 e. The predicted octanol–water partition coefficient (Wildman–Crippen LogP) is 2.87. The van der Waals surface area contributed by atoms with Gasteiger partial charge in [0.1, 0.15) is 17.5 Å². The molecule has 2 aromatic heterocycles. The second-order valence-corrected chi connectivity index (χ2v) is 6.89. The second-order valence-electron chi connectivity index (χ2n) is 6.11. The lowest BCUT2D eigenvalue weighted by molar-refractivity contribution is 0.192. The lowest BCUT2D eigenvalue weighted by Crippen LogP contribution is -2.21. The van der Waals surface area contributed by atoms with Gasteiger partial charge in [0.25, 0.3) is 0 Å². The van der Waals surface area contributed by atoms with Crippen molar-refractivity contribution in [2.24, 2.45) is 0 Å². The number of nitrogens with two attached hydrogens (primary N) is 1. The summed E-state index contributed by atoms with van der Waals surface area (Å²) in [5.41, 5.74) is 7.50. The molecule has 0 fully saturated rings. The van der Waals surface area contributed by atoms with Gasteiger partial charge in [0.2, 0.25) is 0 Å². The highest BCUT2D eigenvalue weighted by Gasteiger charge is 2.20. The van der Waals surface area contributed by atoms with Crippen LogP contribution in [-0.2, 0) is 5.41 Å². The minimum absolute atomic E-state index is 0.176. The zero-order chi connectivity index (χ0) is 15.6. The van der Waals surface area contributed by atoms with Crippen molar-refractivity contribution >= 4 is 23.0 Å². The molecule has 0 amide bonds. The van der Waals surface area contributed by atoms with Gasteiger partial charge in [-0.2, -0.15) is 11.3 Å². The number of hydrogen-bond donors (Lipinski definition) is 3. The van der Waals surface area contributed by atoms with Crippen LogP contribution in [0.15, 0.2) is 16.8 Å². The highest BCUT2D eigenvalue weighted by atomic mass is 32.1. The third-order valence-electron chi connectivity index (χ3n) is 3.25. The molecule has 5 nitrogen and oxygen atoms in total. The first-order chi connectivity index (χ1) is 9.79. The lowest BCUT2D eigenvalue weighted by Gasteiger charge is -2.20. The maximum Gasteiger partial charge on any atom is 0.138 e. The molecule has 0 bridgehead atoms. The fourth-order valence-electron chi connectivity index (χ4n) is 1.82. The first kappa shape index (κ1) is 15.7. The minimum atomic E-state index is -0.565. The van der Waals surface area contributed by atoms with Gasteiger partial charge in [0.05, 0.1) is 6.10 Å². The van der Waals surface area contributed by atoms with Crippen LogP contribution in [-0.4, -0.2) is 21.6 Å². The Balaban J connectivity index is 2.18. The number of nitrogen functional groups attached to an aromatic ring is 1. The highest BCUT2D eigenvalue weighted by Crippen LogP contribution is 2.25.